The van der Waals surface area contributed by atoms with Crippen molar-refractivity contribution in [2.75, 3.05) is 38.7 Å². The van der Waals surface area contributed by atoms with E-state index in [0.29, 0.717) is 30.9 Å². The zero-order valence-corrected chi connectivity index (χ0v) is 15.1. The van der Waals surface area contributed by atoms with Gasteiger partial charge in [-0.3, -0.25) is 4.79 Å². The number of esters is 1. The highest BCUT2D eigenvalue weighted by molar-refractivity contribution is 6.01. The molecule has 1 aliphatic heterocycles. The van der Waals surface area contributed by atoms with Gasteiger partial charge in [0, 0.05) is 19.1 Å². The number of methoxy groups -OCH3 is 1. The molecule has 2 rings (SSSR count). The number of carbonyl (C=O) groups excluding carboxylic acids is 3. The van der Waals surface area contributed by atoms with E-state index >= 15 is 0 Å². The second-order valence-electron chi connectivity index (χ2n) is 5.93. The van der Waals surface area contributed by atoms with Gasteiger partial charge in [-0.25, -0.2) is 9.59 Å². The number of nitrogens with zero attached hydrogens (tertiary/aromatic N) is 1. The van der Waals surface area contributed by atoms with E-state index in [2.05, 4.69) is 10.6 Å². The minimum Gasteiger partial charge on any atom is -0.465 e. The lowest BCUT2D eigenvalue weighted by Crippen LogP contribution is -2.46. The van der Waals surface area contributed by atoms with Crippen LogP contribution in [0.5, 0.6) is 0 Å². The number of hydrogen-bond donors (Lipinski definition) is 2. The molecule has 2 N–H and O–H groups in total. The van der Waals surface area contributed by atoms with Gasteiger partial charge in [-0.1, -0.05) is 12.1 Å². The van der Waals surface area contributed by atoms with Crippen molar-refractivity contribution in [2.24, 2.45) is 0 Å². The Morgan fingerprint density at radius 3 is 2.54 bits per heavy atom. The van der Waals surface area contributed by atoms with Crippen molar-refractivity contribution in [3.8, 4) is 0 Å². The van der Waals surface area contributed by atoms with Crippen molar-refractivity contribution in [2.45, 2.75) is 25.8 Å². The summed E-state index contributed by atoms with van der Waals surface area (Å²) in [5, 5.41) is 5.91. The van der Waals surface area contributed by atoms with Crippen LogP contribution in [0.25, 0.3) is 0 Å². The second kappa shape index (κ2) is 9.76. The van der Waals surface area contributed by atoms with Gasteiger partial charge in [0.25, 0.3) is 0 Å². The van der Waals surface area contributed by atoms with E-state index in [4.69, 9.17) is 9.47 Å². The smallest absolute Gasteiger partial charge is 0.409 e. The fourth-order valence-electron chi connectivity index (χ4n) is 2.79. The summed E-state index contributed by atoms with van der Waals surface area (Å²) in [6.45, 7) is 3.47. The van der Waals surface area contributed by atoms with Gasteiger partial charge < -0.3 is 25.0 Å². The first-order valence-corrected chi connectivity index (χ1v) is 8.67. The number of anilines is 1. The van der Waals surface area contributed by atoms with E-state index in [1.54, 1.807) is 36.1 Å². The van der Waals surface area contributed by atoms with E-state index in [0.717, 1.165) is 12.8 Å². The van der Waals surface area contributed by atoms with Crippen molar-refractivity contribution < 1.29 is 23.9 Å². The Kier molecular flexibility index (Phi) is 7.40. The zero-order valence-electron chi connectivity index (χ0n) is 15.1. The lowest BCUT2D eigenvalue weighted by Gasteiger charge is -2.31. The summed E-state index contributed by atoms with van der Waals surface area (Å²) in [4.78, 5) is 37.2. The molecular formula is C18H25N3O5. The summed E-state index contributed by atoms with van der Waals surface area (Å²) in [5.41, 5.74) is 0.731. The summed E-state index contributed by atoms with van der Waals surface area (Å²) >= 11 is 0. The monoisotopic (exact) mass is 363 g/mol. The molecule has 8 heteroatoms. The quantitative estimate of drug-likeness (QED) is 0.746. The van der Waals surface area contributed by atoms with E-state index in [1.165, 1.54) is 7.11 Å². The molecule has 1 aromatic carbocycles. The van der Waals surface area contributed by atoms with E-state index in [-0.39, 0.29) is 24.6 Å². The van der Waals surface area contributed by atoms with Gasteiger partial charge in [0.15, 0.2) is 0 Å². The Balaban J connectivity index is 1.78. The van der Waals surface area contributed by atoms with Crippen molar-refractivity contribution in [3.05, 3.63) is 29.8 Å². The maximum absolute atomic E-state index is 12.2. The lowest BCUT2D eigenvalue weighted by molar-refractivity contribution is -0.115. The van der Waals surface area contributed by atoms with Gasteiger partial charge in [-0.2, -0.15) is 0 Å². The predicted octanol–water partition coefficient (Wildman–Crippen LogP) is 1.62. The maximum atomic E-state index is 12.2. The number of hydrogen-bond acceptors (Lipinski definition) is 6. The zero-order chi connectivity index (χ0) is 18.9. The van der Waals surface area contributed by atoms with Crippen LogP contribution in [0.3, 0.4) is 0 Å². The van der Waals surface area contributed by atoms with Gasteiger partial charge in [-0.05, 0) is 31.9 Å². The number of para-hydroxylation sites is 1. The Hall–Kier alpha value is -2.61. The van der Waals surface area contributed by atoms with Gasteiger partial charge in [0.1, 0.15) is 0 Å². The average molecular weight is 363 g/mol. The topological polar surface area (TPSA) is 97.0 Å². The molecule has 1 fully saturated rings. The van der Waals surface area contributed by atoms with Crippen LogP contribution in [0.1, 0.15) is 30.1 Å². The van der Waals surface area contributed by atoms with Crippen molar-refractivity contribution >= 4 is 23.7 Å². The molecule has 0 bridgehead atoms. The molecule has 2 amide bonds. The highest BCUT2D eigenvalue weighted by Gasteiger charge is 2.23. The SMILES string of the molecule is CCOC(=O)N1CCC(NCC(=O)Nc2ccccc2C(=O)OC)CC1. The molecule has 1 aromatic rings. The molecule has 0 aliphatic carbocycles. The first kappa shape index (κ1) is 19.7. The lowest BCUT2D eigenvalue weighted by atomic mass is 10.1. The molecule has 142 valence electrons. The van der Waals surface area contributed by atoms with Gasteiger partial charge in [-0.15, -0.1) is 0 Å². The minimum atomic E-state index is -0.500. The highest BCUT2D eigenvalue weighted by Crippen LogP contribution is 2.16. The van der Waals surface area contributed by atoms with E-state index in [9.17, 15) is 14.4 Å². The number of likely N-dealkylation sites (tertiary alicyclic amines) is 1. The first-order chi connectivity index (χ1) is 12.5. The third-order valence-electron chi connectivity index (χ3n) is 4.18. The van der Waals surface area contributed by atoms with Crippen LogP contribution in [-0.2, 0) is 14.3 Å². The van der Waals surface area contributed by atoms with Crippen LogP contribution in [0.2, 0.25) is 0 Å². The predicted molar refractivity (Wildman–Crippen MR) is 96.0 cm³/mol. The normalized spacial score (nSPS) is 14.6. The molecule has 0 spiro atoms. The second-order valence-corrected chi connectivity index (χ2v) is 5.93. The van der Waals surface area contributed by atoms with Crippen LogP contribution in [0.4, 0.5) is 10.5 Å². The maximum Gasteiger partial charge on any atom is 0.409 e. The van der Waals surface area contributed by atoms with Crippen molar-refractivity contribution in [1.82, 2.24) is 10.2 Å². The summed E-state index contributed by atoms with van der Waals surface area (Å²) in [6.07, 6.45) is 1.22. The molecule has 26 heavy (non-hydrogen) atoms. The number of amides is 2. The third kappa shape index (κ3) is 5.45. The molecule has 1 saturated heterocycles. The number of rotatable bonds is 6. The molecule has 0 radical (unpaired) electrons. The number of ether oxygens (including phenoxy) is 2. The van der Waals surface area contributed by atoms with Gasteiger partial charge in [0.2, 0.25) is 5.91 Å². The molecule has 0 saturated carbocycles. The van der Waals surface area contributed by atoms with Crippen LogP contribution < -0.4 is 10.6 Å². The molecule has 1 heterocycles. The minimum absolute atomic E-state index is 0.125. The number of carbonyl (C=O) groups is 3. The summed E-state index contributed by atoms with van der Waals surface area (Å²) in [6, 6.07) is 6.85. The van der Waals surface area contributed by atoms with E-state index in [1.807, 2.05) is 0 Å². The number of piperidine rings is 1. The fourth-order valence-corrected chi connectivity index (χ4v) is 2.79. The summed E-state index contributed by atoms with van der Waals surface area (Å²) < 4.78 is 9.70. The first-order valence-electron chi connectivity index (χ1n) is 8.67. The fraction of sp³-hybridized carbons (Fsp3) is 0.500. The third-order valence-corrected chi connectivity index (χ3v) is 4.18. The molecule has 8 nitrogen and oxygen atoms in total. The Labute approximate surface area is 152 Å². The van der Waals surface area contributed by atoms with Crippen LogP contribution in [0.15, 0.2) is 24.3 Å². The van der Waals surface area contributed by atoms with Crippen molar-refractivity contribution in [3.63, 3.8) is 0 Å². The standard InChI is InChI=1S/C18H25N3O5/c1-3-26-18(24)21-10-8-13(9-11-21)19-12-16(22)20-15-7-5-4-6-14(15)17(23)25-2/h4-7,13,19H,3,8-12H2,1-2H3,(H,20,22). The number of nitrogens with one attached hydrogen (secondary N) is 2. The van der Waals surface area contributed by atoms with E-state index < -0.39 is 5.97 Å². The van der Waals surface area contributed by atoms with Crippen molar-refractivity contribution in [1.29, 1.82) is 0 Å². The highest BCUT2D eigenvalue weighted by atomic mass is 16.6. The average Bonchev–Trinajstić information content (AvgIpc) is 2.67. The molecule has 1 aliphatic rings. The van der Waals surface area contributed by atoms with Gasteiger partial charge >= 0.3 is 12.1 Å². The molecule has 0 aromatic heterocycles. The van der Waals surface area contributed by atoms with Crippen LogP contribution in [0, 0.1) is 0 Å². The molecule has 0 unspecified atom stereocenters. The largest absolute Gasteiger partial charge is 0.465 e. The van der Waals surface area contributed by atoms with Crippen LogP contribution in [-0.4, -0.2) is 62.3 Å². The summed E-state index contributed by atoms with van der Waals surface area (Å²) in [5.74, 6) is -0.741. The molecular weight excluding hydrogens is 338 g/mol. The Morgan fingerprint density at radius 1 is 1.19 bits per heavy atom. The summed E-state index contributed by atoms with van der Waals surface area (Å²) in [7, 11) is 1.30. The molecule has 0 atom stereocenters. The van der Waals surface area contributed by atoms with Crippen LogP contribution >= 0.6 is 0 Å². The number of benzene rings is 1. The Bertz CT molecular complexity index is 641. The Morgan fingerprint density at radius 2 is 1.88 bits per heavy atom. The van der Waals surface area contributed by atoms with Gasteiger partial charge in [0.05, 0.1) is 31.5 Å².